The summed E-state index contributed by atoms with van der Waals surface area (Å²) in [6, 6.07) is 2.36. The fourth-order valence-electron chi connectivity index (χ4n) is 2.15. The maximum absolute atomic E-state index is 13.4. The monoisotopic (exact) mass is 223 g/mol. The van der Waals surface area contributed by atoms with E-state index < -0.39 is 0 Å². The lowest BCUT2D eigenvalue weighted by Crippen LogP contribution is -2.31. The van der Waals surface area contributed by atoms with Crippen LogP contribution in [0.4, 0.5) is 4.39 Å². The third-order valence-corrected chi connectivity index (χ3v) is 3.23. The average molecular weight is 223 g/mol. The molecule has 0 aromatic carbocycles. The summed E-state index contributed by atoms with van der Waals surface area (Å²) < 4.78 is 13.4. The number of aromatic nitrogens is 1. The van der Waals surface area contributed by atoms with Crippen molar-refractivity contribution >= 4 is 0 Å². The number of likely N-dealkylation sites (tertiary alicyclic amines) is 1. The Hall–Kier alpha value is -1.00. The second-order valence-corrected chi connectivity index (χ2v) is 4.61. The van der Waals surface area contributed by atoms with E-state index in [1.807, 2.05) is 0 Å². The lowest BCUT2D eigenvalue weighted by atomic mass is 10.2. The maximum Gasteiger partial charge on any atom is 0.145 e. The molecule has 1 fully saturated rings. The van der Waals surface area contributed by atoms with Gasteiger partial charge < -0.3 is 4.90 Å². The zero-order valence-corrected chi connectivity index (χ0v) is 9.86. The fourth-order valence-corrected chi connectivity index (χ4v) is 2.15. The summed E-state index contributed by atoms with van der Waals surface area (Å²) in [7, 11) is 4.20. The highest BCUT2D eigenvalue weighted by Gasteiger charge is 2.24. The molecule has 0 saturated carbocycles. The Labute approximate surface area is 95.9 Å². The maximum atomic E-state index is 13.4. The number of halogens is 1. The molecule has 2 heterocycles. The average Bonchev–Trinajstić information content (AvgIpc) is 2.70. The third kappa shape index (κ3) is 2.57. The Morgan fingerprint density at radius 3 is 3.00 bits per heavy atom. The summed E-state index contributed by atoms with van der Waals surface area (Å²) in [5.74, 6) is -0.198. The van der Waals surface area contributed by atoms with Crippen LogP contribution in [0.15, 0.2) is 18.5 Å². The summed E-state index contributed by atoms with van der Waals surface area (Å²) in [5, 5.41) is 0. The van der Waals surface area contributed by atoms with E-state index in [0.717, 1.165) is 18.7 Å². The smallest absolute Gasteiger partial charge is 0.145 e. The molecule has 0 amide bonds. The topological polar surface area (TPSA) is 19.4 Å². The van der Waals surface area contributed by atoms with Crippen LogP contribution >= 0.6 is 0 Å². The number of nitrogens with zero attached hydrogens (tertiary/aromatic N) is 3. The molecule has 1 aromatic rings. The van der Waals surface area contributed by atoms with Crippen LogP contribution in [0.2, 0.25) is 0 Å². The lowest BCUT2D eigenvalue weighted by Gasteiger charge is -2.20. The van der Waals surface area contributed by atoms with Crippen LogP contribution in [0.5, 0.6) is 0 Å². The zero-order valence-electron chi connectivity index (χ0n) is 9.86. The normalized spacial score (nSPS) is 21.9. The van der Waals surface area contributed by atoms with Gasteiger partial charge in [0.15, 0.2) is 0 Å². The van der Waals surface area contributed by atoms with Crippen molar-refractivity contribution in [3.8, 4) is 0 Å². The van der Waals surface area contributed by atoms with E-state index in [9.17, 15) is 4.39 Å². The number of hydrogen-bond acceptors (Lipinski definition) is 3. The number of hydrogen-bond donors (Lipinski definition) is 0. The van der Waals surface area contributed by atoms with E-state index in [2.05, 4.69) is 28.9 Å². The minimum atomic E-state index is -0.198. The highest BCUT2D eigenvalue weighted by Crippen LogP contribution is 2.17. The molecule has 2 rings (SSSR count). The van der Waals surface area contributed by atoms with Crippen LogP contribution in [-0.2, 0) is 6.54 Å². The van der Waals surface area contributed by atoms with Gasteiger partial charge in [0.2, 0.25) is 0 Å². The van der Waals surface area contributed by atoms with Gasteiger partial charge in [-0.3, -0.25) is 9.88 Å². The molecule has 88 valence electrons. The van der Waals surface area contributed by atoms with Crippen molar-refractivity contribution in [2.75, 3.05) is 27.2 Å². The van der Waals surface area contributed by atoms with Crippen LogP contribution in [0.25, 0.3) is 0 Å². The molecule has 1 saturated heterocycles. The van der Waals surface area contributed by atoms with Crippen LogP contribution in [0.3, 0.4) is 0 Å². The van der Waals surface area contributed by atoms with Crippen LogP contribution in [-0.4, -0.2) is 48.0 Å². The van der Waals surface area contributed by atoms with E-state index in [0.29, 0.717) is 12.6 Å². The van der Waals surface area contributed by atoms with Gasteiger partial charge in [0.25, 0.3) is 0 Å². The van der Waals surface area contributed by atoms with Gasteiger partial charge in [-0.1, -0.05) is 0 Å². The zero-order chi connectivity index (χ0) is 11.5. The molecule has 1 atom stereocenters. The Morgan fingerprint density at radius 2 is 2.38 bits per heavy atom. The van der Waals surface area contributed by atoms with Gasteiger partial charge in [-0.2, -0.15) is 0 Å². The van der Waals surface area contributed by atoms with Crippen LogP contribution < -0.4 is 0 Å². The predicted octanol–water partition coefficient (Wildman–Crippen LogP) is 1.36. The van der Waals surface area contributed by atoms with E-state index >= 15 is 0 Å². The van der Waals surface area contributed by atoms with E-state index in [1.54, 1.807) is 12.3 Å². The number of rotatable bonds is 3. The van der Waals surface area contributed by atoms with E-state index in [-0.39, 0.29) is 5.82 Å². The first-order chi connectivity index (χ1) is 7.66. The molecular weight excluding hydrogens is 205 g/mol. The van der Waals surface area contributed by atoms with Crippen molar-refractivity contribution in [3.05, 3.63) is 29.8 Å². The third-order valence-electron chi connectivity index (χ3n) is 3.23. The van der Waals surface area contributed by atoms with Crippen molar-refractivity contribution in [2.24, 2.45) is 0 Å². The Kier molecular flexibility index (Phi) is 3.51. The van der Waals surface area contributed by atoms with Crippen LogP contribution in [0.1, 0.15) is 12.0 Å². The molecule has 1 unspecified atom stereocenters. The standard InChI is InChI=1S/C12H18FN3/c1-15(2)11-4-6-16(9-11)8-10-3-5-14-7-12(10)13/h3,5,7,11H,4,6,8-9H2,1-2H3. The quantitative estimate of drug-likeness (QED) is 0.771. The van der Waals surface area contributed by atoms with Gasteiger partial charge in [-0.05, 0) is 26.6 Å². The number of pyridine rings is 1. The first kappa shape index (κ1) is 11.5. The largest absolute Gasteiger partial charge is 0.305 e. The van der Waals surface area contributed by atoms with Crippen molar-refractivity contribution in [3.63, 3.8) is 0 Å². The van der Waals surface area contributed by atoms with Gasteiger partial charge in [0.05, 0.1) is 6.20 Å². The SMILES string of the molecule is CN(C)C1CCN(Cc2ccncc2F)C1. The molecule has 0 bridgehead atoms. The van der Waals surface area contributed by atoms with Crippen molar-refractivity contribution in [1.82, 2.24) is 14.8 Å². The van der Waals surface area contributed by atoms with E-state index in [4.69, 9.17) is 0 Å². The fraction of sp³-hybridized carbons (Fsp3) is 0.583. The first-order valence-corrected chi connectivity index (χ1v) is 5.64. The Morgan fingerprint density at radius 1 is 1.56 bits per heavy atom. The van der Waals surface area contributed by atoms with Gasteiger partial charge >= 0.3 is 0 Å². The highest BCUT2D eigenvalue weighted by atomic mass is 19.1. The van der Waals surface area contributed by atoms with E-state index in [1.165, 1.54) is 12.6 Å². The molecule has 0 aliphatic carbocycles. The summed E-state index contributed by atoms with van der Waals surface area (Å²) >= 11 is 0. The first-order valence-electron chi connectivity index (χ1n) is 5.64. The molecule has 0 radical (unpaired) electrons. The summed E-state index contributed by atoms with van der Waals surface area (Å²) in [6.45, 7) is 2.76. The summed E-state index contributed by atoms with van der Waals surface area (Å²) in [5.41, 5.74) is 0.745. The minimum absolute atomic E-state index is 0.198. The second kappa shape index (κ2) is 4.89. The van der Waals surface area contributed by atoms with Crippen molar-refractivity contribution in [1.29, 1.82) is 0 Å². The van der Waals surface area contributed by atoms with Gasteiger partial charge in [-0.15, -0.1) is 0 Å². The molecular formula is C12H18FN3. The summed E-state index contributed by atoms with van der Waals surface area (Å²) in [6.07, 6.45) is 4.10. The minimum Gasteiger partial charge on any atom is -0.305 e. The molecule has 4 heteroatoms. The van der Waals surface area contributed by atoms with Crippen molar-refractivity contribution in [2.45, 2.75) is 19.0 Å². The Bertz CT molecular complexity index is 354. The number of likely N-dealkylation sites (N-methyl/N-ethyl adjacent to an activating group) is 1. The predicted molar refractivity (Wildman–Crippen MR) is 61.6 cm³/mol. The summed E-state index contributed by atoms with van der Waals surface area (Å²) in [4.78, 5) is 8.29. The molecule has 3 nitrogen and oxygen atoms in total. The van der Waals surface area contributed by atoms with Gasteiger partial charge in [0.1, 0.15) is 5.82 Å². The van der Waals surface area contributed by atoms with Gasteiger partial charge in [-0.25, -0.2) is 4.39 Å². The molecule has 0 N–H and O–H groups in total. The van der Waals surface area contributed by atoms with Crippen LogP contribution in [0, 0.1) is 5.82 Å². The molecule has 1 aromatic heterocycles. The molecule has 0 spiro atoms. The lowest BCUT2D eigenvalue weighted by molar-refractivity contribution is 0.262. The molecule has 1 aliphatic heterocycles. The highest BCUT2D eigenvalue weighted by molar-refractivity contribution is 5.12. The second-order valence-electron chi connectivity index (χ2n) is 4.61. The molecule has 16 heavy (non-hydrogen) atoms. The van der Waals surface area contributed by atoms with Gasteiger partial charge in [0, 0.05) is 37.4 Å². The van der Waals surface area contributed by atoms with Crippen molar-refractivity contribution < 1.29 is 4.39 Å². The Balaban J connectivity index is 1.95. The molecule has 1 aliphatic rings.